The van der Waals surface area contributed by atoms with Crippen LogP contribution in [0.4, 0.5) is 5.69 Å². The van der Waals surface area contributed by atoms with Crippen LogP contribution >= 0.6 is 0 Å². The van der Waals surface area contributed by atoms with Gasteiger partial charge in [-0.2, -0.15) is 0 Å². The molecule has 3 aromatic rings. The Kier molecular flexibility index (Phi) is 7.01. The number of amides is 2. The highest BCUT2D eigenvalue weighted by Gasteiger charge is 2.28. The topological polar surface area (TPSA) is 77.1 Å². The summed E-state index contributed by atoms with van der Waals surface area (Å²) >= 11 is 0. The molecule has 1 aliphatic heterocycles. The van der Waals surface area contributed by atoms with Crippen LogP contribution in [-0.2, 0) is 17.8 Å². The Hall–Kier alpha value is -4.00. The standard InChI is InChI=1S/C27H28N2O5/c1-18-27(31)29(14-13-19-7-10-23(32-2)11-8-19)17-21-15-22(9-12-25(21)34-18)28-26(30)20-5-4-6-24(16-20)33-3/h4-12,15-16,18H,13-14,17H2,1-3H3,(H,28,30)/t18-/m1/s1. The molecule has 7 nitrogen and oxygen atoms in total. The predicted molar refractivity (Wildman–Crippen MR) is 130 cm³/mol. The van der Waals surface area contributed by atoms with Crippen molar-refractivity contribution < 1.29 is 23.8 Å². The van der Waals surface area contributed by atoms with E-state index in [1.807, 2.05) is 30.3 Å². The van der Waals surface area contributed by atoms with Gasteiger partial charge < -0.3 is 24.4 Å². The summed E-state index contributed by atoms with van der Waals surface area (Å²) in [5, 5.41) is 2.92. The molecular weight excluding hydrogens is 432 g/mol. The van der Waals surface area contributed by atoms with E-state index >= 15 is 0 Å². The van der Waals surface area contributed by atoms with E-state index in [0.29, 0.717) is 42.3 Å². The van der Waals surface area contributed by atoms with Gasteiger partial charge in [0.1, 0.15) is 17.2 Å². The number of anilines is 1. The Morgan fingerprint density at radius 3 is 2.53 bits per heavy atom. The summed E-state index contributed by atoms with van der Waals surface area (Å²) in [4.78, 5) is 27.5. The van der Waals surface area contributed by atoms with Gasteiger partial charge >= 0.3 is 0 Å². The Labute approximate surface area is 199 Å². The number of nitrogens with one attached hydrogen (secondary N) is 1. The number of methoxy groups -OCH3 is 2. The molecule has 7 heteroatoms. The van der Waals surface area contributed by atoms with Crippen molar-refractivity contribution in [2.45, 2.75) is 26.0 Å². The number of fused-ring (bicyclic) bond motifs is 1. The van der Waals surface area contributed by atoms with Crippen LogP contribution in [0.5, 0.6) is 17.2 Å². The lowest BCUT2D eigenvalue weighted by Gasteiger charge is -2.22. The van der Waals surface area contributed by atoms with Gasteiger partial charge in [0.05, 0.1) is 14.2 Å². The third-order valence-electron chi connectivity index (χ3n) is 5.80. The van der Waals surface area contributed by atoms with Crippen LogP contribution in [0.3, 0.4) is 0 Å². The molecular formula is C27H28N2O5. The van der Waals surface area contributed by atoms with Crippen LogP contribution in [0.1, 0.15) is 28.4 Å². The number of ether oxygens (including phenoxy) is 3. The molecule has 4 rings (SSSR count). The molecule has 2 amide bonds. The molecule has 34 heavy (non-hydrogen) atoms. The predicted octanol–water partition coefficient (Wildman–Crippen LogP) is 4.31. The fourth-order valence-corrected chi connectivity index (χ4v) is 3.89. The lowest BCUT2D eigenvalue weighted by Crippen LogP contribution is -2.39. The Morgan fingerprint density at radius 2 is 1.79 bits per heavy atom. The van der Waals surface area contributed by atoms with Crippen molar-refractivity contribution in [2.24, 2.45) is 0 Å². The maximum atomic E-state index is 12.9. The molecule has 1 heterocycles. The van der Waals surface area contributed by atoms with Gasteiger partial charge in [-0.05, 0) is 67.4 Å². The summed E-state index contributed by atoms with van der Waals surface area (Å²) < 4.78 is 16.3. The number of rotatable bonds is 7. The van der Waals surface area contributed by atoms with Gasteiger partial charge in [0.15, 0.2) is 6.10 Å². The zero-order chi connectivity index (χ0) is 24.1. The second kappa shape index (κ2) is 10.3. The van der Waals surface area contributed by atoms with Crippen LogP contribution in [0.15, 0.2) is 66.7 Å². The summed E-state index contributed by atoms with van der Waals surface area (Å²) in [5.74, 6) is 1.75. The van der Waals surface area contributed by atoms with Crippen LogP contribution in [0.2, 0.25) is 0 Å². The molecule has 0 aliphatic carbocycles. The quantitative estimate of drug-likeness (QED) is 0.569. The molecule has 1 N–H and O–H groups in total. The fraction of sp³-hybridized carbons (Fsp3) is 0.259. The first kappa shape index (κ1) is 23.2. The number of carbonyl (C=O) groups is 2. The average molecular weight is 461 g/mol. The Bertz CT molecular complexity index is 1180. The average Bonchev–Trinajstić information content (AvgIpc) is 2.98. The van der Waals surface area contributed by atoms with E-state index in [2.05, 4.69) is 5.32 Å². The molecule has 0 radical (unpaired) electrons. The highest BCUT2D eigenvalue weighted by atomic mass is 16.5. The molecule has 0 spiro atoms. The minimum atomic E-state index is -0.589. The van der Waals surface area contributed by atoms with Gasteiger partial charge in [-0.15, -0.1) is 0 Å². The summed E-state index contributed by atoms with van der Waals surface area (Å²) in [6.45, 7) is 2.71. The first-order valence-corrected chi connectivity index (χ1v) is 11.1. The fourth-order valence-electron chi connectivity index (χ4n) is 3.89. The van der Waals surface area contributed by atoms with Crippen molar-refractivity contribution in [2.75, 3.05) is 26.1 Å². The molecule has 0 bridgehead atoms. The summed E-state index contributed by atoms with van der Waals surface area (Å²) in [6.07, 6.45) is 0.124. The first-order valence-electron chi connectivity index (χ1n) is 11.1. The summed E-state index contributed by atoms with van der Waals surface area (Å²) in [6, 6.07) is 20.2. The Morgan fingerprint density at radius 1 is 1.03 bits per heavy atom. The SMILES string of the molecule is COc1ccc(CCN2Cc3cc(NC(=O)c4cccc(OC)c4)ccc3O[C@H](C)C2=O)cc1. The van der Waals surface area contributed by atoms with E-state index in [4.69, 9.17) is 14.2 Å². The molecule has 3 aromatic carbocycles. The molecule has 0 saturated heterocycles. The highest BCUT2D eigenvalue weighted by Crippen LogP contribution is 2.29. The number of hydrogen-bond donors (Lipinski definition) is 1. The van der Waals surface area contributed by atoms with E-state index in [1.54, 1.807) is 62.4 Å². The number of hydrogen-bond acceptors (Lipinski definition) is 5. The van der Waals surface area contributed by atoms with Gasteiger partial charge in [-0.25, -0.2) is 0 Å². The van der Waals surface area contributed by atoms with E-state index < -0.39 is 6.10 Å². The second-order valence-electron chi connectivity index (χ2n) is 8.13. The molecule has 0 fully saturated rings. The van der Waals surface area contributed by atoms with Crippen molar-refractivity contribution in [1.82, 2.24) is 4.90 Å². The zero-order valence-corrected chi connectivity index (χ0v) is 19.5. The van der Waals surface area contributed by atoms with Gasteiger partial charge in [0, 0.05) is 29.9 Å². The molecule has 0 unspecified atom stereocenters. The summed E-state index contributed by atoms with van der Waals surface area (Å²) in [7, 11) is 3.20. The van der Waals surface area contributed by atoms with E-state index in [1.165, 1.54) is 0 Å². The van der Waals surface area contributed by atoms with Crippen LogP contribution in [0, 0.1) is 0 Å². The van der Waals surface area contributed by atoms with E-state index in [-0.39, 0.29) is 11.8 Å². The normalized spacial score (nSPS) is 15.1. The third-order valence-corrected chi connectivity index (χ3v) is 5.80. The van der Waals surface area contributed by atoms with Crippen molar-refractivity contribution >= 4 is 17.5 Å². The highest BCUT2D eigenvalue weighted by molar-refractivity contribution is 6.04. The number of carbonyl (C=O) groups excluding carboxylic acids is 2. The molecule has 1 atom stereocenters. The maximum Gasteiger partial charge on any atom is 0.263 e. The minimum absolute atomic E-state index is 0.0633. The summed E-state index contributed by atoms with van der Waals surface area (Å²) in [5.41, 5.74) is 3.09. The van der Waals surface area contributed by atoms with Crippen molar-refractivity contribution in [3.8, 4) is 17.2 Å². The van der Waals surface area contributed by atoms with E-state index in [9.17, 15) is 9.59 Å². The van der Waals surface area contributed by atoms with Gasteiger partial charge in [-0.3, -0.25) is 9.59 Å². The molecule has 176 valence electrons. The van der Waals surface area contributed by atoms with E-state index in [0.717, 1.165) is 16.9 Å². The van der Waals surface area contributed by atoms with Crippen LogP contribution in [0.25, 0.3) is 0 Å². The van der Waals surface area contributed by atoms with Crippen molar-refractivity contribution in [3.05, 3.63) is 83.4 Å². The van der Waals surface area contributed by atoms with Gasteiger partial charge in [-0.1, -0.05) is 18.2 Å². The van der Waals surface area contributed by atoms with Gasteiger partial charge in [0.25, 0.3) is 11.8 Å². The van der Waals surface area contributed by atoms with Crippen molar-refractivity contribution in [3.63, 3.8) is 0 Å². The second-order valence-corrected chi connectivity index (χ2v) is 8.13. The zero-order valence-electron chi connectivity index (χ0n) is 19.5. The molecule has 0 aromatic heterocycles. The monoisotopic (exact) mass is 460 g/mol. The number of benzene rings is 3. The lowest BCUT2D eigenvalue weighted by atomic mass is 10.1. The largest absolute Gasteiger partial charge is 0.497 e. The maximum absolute atomic E-state index is 12.9. The minimum Gasteiger partial charge on any atom is -0.497 e. The smallest absolute Gasteiger partial charge is 0.263 e. The number of nitrogens with zero attached hydrogens (tertiary/aromatic N) is 1. The lowest BCUT2D eigenvalue weighted by molar-refractivity contribution is -0.137. The third kappa shape index (κ3) is 5.31. The Balaban J connectivity index is 1.49. The van der Waals surface area contributed by atoms with Crippen LogP contribution < -0.4 is 19.5 Å². The first-order chi connectivity index (χ1) is 16.5. The van der Waals surface area contributed by atoms with Crippen molar-refractivity contribution in [1.29, 1.82) is 0 Å². The van der Waals surface area contributed by atoms with Crippen LogP contribution in [-0.4, -0.2) is 43.6 Å². The molecule has 1 aliphatic rings. The van der Waals surface area contributed by atoms with Gasteiger partial charge in [0.2, 0.25) is 0 Å². The molecule has 0 saturated carbocycles.